The fourth-order valence-corrected chi connectivity index (χ4v) is 5.63. The van der Waals surface area contributed by atoms with Crippen LogP contribution in [0.2, 0.25) is 0 Å². The topological polar surface area (TPSA) is 111 Å². The first-order chi connectivity index (χ1) is 16.1. The Kier molecular flexibility index (Phi) is 6.35. The lowest BCUT2D eigenvalue weighted by molar-refractivity contribution is -0.125. The molecule has 1 aliphatic rings. The van der Waals surface area contributed by atoms with E-state index in [4.69, 9.17) is 4.74 Å². The van der Waals surface area contributed by atoms with Gasteiger partial charge in [-0.2, -0.15) is 0 Å². The summed E-state index contributed by atoms with van der Waals surface area (Å²) in [6.45, 7) is 5.73. The van der Waals surface area contributed by atoms with Gasteiger partial charge in [-0.1, -0.05) is 18.2 Å². The molecule has 1 aliphatic heterocycles. The van der Waals surface area contributed by atoms with Crippen LogP contribution < -0.4 is 5.32 Å². The zero-order valence-electron chi connectivity index (χ0n) is 19.4. The van der Waals surface area contributed by atoms with Crippen molar-refractivity contribution in [2.24, 2.45) is 0 Å². The summed E-state index contributed by atoms with van der Waals surface area (Å²) in [7, 11) is -3.91. The van der Waals surface area contributed by atoms with E-state index in [1.165, 1.54) is 27.2 Å². The smallest absolute Gasteiger partial charge is 0.410 e. The monoisotopic (exact) mass is 484 g/mol. The van der Waals surface area contributed by atoms with Crippen LogP contribution in [0.1, 0.15) is 39.3 Å². The van der Waals surface area contributed by atoms with Crippen LogP contribution in [-0.2, 0) is 26.1 Å². The Bertz CT molecular complexity index is 1310. The number of pyridine rings is 1. The zero-order chi connectivity index (χ0) is 24.5. The molecule has 1 fully saturated rings. The van der Waals surface area contributed by atoms with Crippen LogP contribution >= 0.6 is 0 Å². The summed E-state index contributed by atoms with van der Waals surface area (Å²) in [5.74, 6) is -0.351. The summed E-state index contributed by atoms with van der Waals surface area (Å²) < 4.78 is 33.6. The highest BCUT2D eigenvalue weighted by Gasteiger charge is 2.36. The largest absolute Gasteiger partial charge is 0.444 e. The first-order valence-corrected chi connectivity index (χ1v) is 12.5. The van der Waals surface area contributed by atoms with Crippen LogP contribution in [-0.4, -0.2) is 52.5 Å². The summed E-state index contributed by atoms with van der Waals surface area (Å²) in [5.41, 5.74) is 0.197. The molecular weight excluding hydrogens is 456 g/mol. The van der Waals surface area contributed by atoms with Gasteiger partial charge in [0.15, 0.2) is 0 Å². The van der Waals surface area contributed by atoms with Gasteiger partial charge in [0.1, 0.15) is 11.6 Å². The summed E-state index contributed by atoms with van der Waals surface area (Å²) in [6.07, 6.45) is 3.78. The number of carbonyl (C=O) groups is 2. The molecule has 3 heterocycles. The number of benzene rings is 1. The molecule has 1 atom stereocenters. The fourth-order valence-electron chi connectivity index (χ4n) is 4.07. The second-order valence-electron chi connectivity index (χ2n) is 9.20. The highest BCUT2D eigenvalue weighted by molar-refractivity contribution is 7.90. The quantitative estimate of drug-likeness (QED) is 0.595. The van der Waals surface area contributed by atoms with E-state index in [0.29, 0.717) is 36.0 Å². The average Bonchev–Trinajstić information content (AvgIpc) is 3.42. The highest BCUT2D eigenvalue weighted by atomic mass is 32.2. The lowest BCUT2D eigenvalue weighted by Gasteiger charge is -2.28. The van der Waals surface area contributed by atoms with Crippen molar-refractivity contribution in [3.05, 3.63) is 60.6 Å². The van der Waals surface area contributed by atoms with Gasteiger partial charge >= 0.3 is 6.09 Å². The number of carbonyl (C=O) groups excluding carboxylic acids is 2. The molecule has 0 bridgehead atoms. The molecule has 4 rings (SSSR count). The van der Waals surface area contributed by atoms with Gasteiger partial charge in [-0.15, -0.1) is 0 Å². The van der Waals surface area contributed by atoms with Gasteiger partial charge in [-0.3, -0.25) is 14.7 Å². The van der Waals surface area contributed by atoms with E-state index in [1.54, 1.807) is 57.3 Å². The molecule has 0 aliphatic carbocycles. The molecule has 10 heteroatoms. The van der Waals surface area contributed by atoms with Gasteiger partial charge in [0.05, 0.1) is 22.7 Å². The third-order valence-electron chi connectivity index (χ3n) is 5.54. The molecule has 2 aromatic heterocycles. The molecule has 0 unspecified atom stereocenters. The normalized spacial score (nSPS) is 16.6. The Labute approximate surface area is 198 Å². The van der Waals surface area contributed by atoms with E-state index < -0.39 is 27.8 Å². The summed E-state index contributed by atoms with van der Waals surface area (Å²) >= 11 is 0. The number of fused-ring (bicyclic) bond motifs is 1. The Morgan fingerprint density at radius 1 is 1.18 bits per heavy atom. The second kappa shape index (κ2) is 9.09. The number of hydrogen-bond acceptors (Lipinski definition) is 6. The Morgan fingerprint density at radius 3 is 2.62 bits per heavy atom. The minimum atomic E-state index is -3.91. The van der Waals surface area contributed by atoms with Crippen molar-refractivity contribution in [3.8, 4) is 0 Å². The van der Waals surface area contributed by atoms with E-state index in [0.717, 1.165) is 0 Å². The molecule has 180 valence electrons. The number of hydrogen-bond donors (Lipinski definition) is 1. The maximum atomic E-state index is 13.5. The molecule has 0 radical (unpaired) electrons. The van der Waals surface area contributed by atoms with Crippen LogP contribution in [0.4, 0.5) is 4.79 Å². The van der Waals surface area contributed by atoms with E-state index in [9.17, 15) is 18.0 Å². The number of aromatic nitrogens is 2. The zero-order valence-corrected chi connectivity index (χ0v) is 20.2. The van der Waals surface area contributed by atoms with Crippen molar-refractivity contribution in [3.63, 3.8) is 0 Å². The lowest BCUT2D eigenvalue weighted by atomic mass is 10.2. The number of rotatable bonds is 5. The van der Waals surface area contributed by atoms with Crippen molar-refractivity contribution < 1.29 is 22.7 Å². The molecule has 1 N–H and O–H groups in total. The molecule has 9 nitrogen and oxygen atoms in total. The van der Waals surface area contributed by atoms with Crippen molar-refractivity contribution in [2.45, 2.75) is 56.7 Å². The molecule has 0 spiro atoms. The second-order valence-corrected chi connectivity index (χ2v) is 11.0. The highest BCUT2D eigenvalue weighted by Crippen LogP contribution is 2.26. The van der Waals surface area contributed by atoms with Crippen molar-refractivity contribution >= 4 is 32.9 Å². The number of nitrogens with one attached hydrogen (secondary N) is 1. The van der Waals surface area contributed by atoms with Crippen molar-refractivity contribution in [1.29, 1.82) is 0 Å². The predicted molar refractivity (Wildman–Crippen MR) is 127 cm³/mol. The average molecular weight is 485 g/mol. The van der Waals surface area contributed by atoms with Gasteiger partial charge in [0, 0.05) is 24.3 Å². The minimum Gasteiger partial charge on any atom is -0.444 e. The van der Waals surface area contributed by atoms with E-state index in [-0.39, 0.29) is 17.3 Å². The van der Waals surface area contributed by atoms with E-state index in [1.807, 2.05) is 0 Å². The van der Waals surface area contributed by atoms with E-state index >= 15 is 0 Å². The molecule has 3 aromatic rings. The SMILES string of the molecule is CC(C)(C)OC(=O)N1CCC[C@H]1C(=O)NCc1cc2cnccc2n1S(=O)(=O)c1ccccc1. The number of amides is 2. The van der Waals surface area contributed by atoms with Crippen molar-refractivity contribution in [1.82, 2.24) is 19.2 Å². The molecule has 0 saturated carbocycles. The molecule has 2 amide bonds. The maximum Gasteiger partial charge on any atom is 0.410 e. The molecule has 1 saturated heterocycles. The van der Waals surface area contributed by atoms with Crippen LogP contribution in [0, 0.1) is 0 Å². The first-order valence-electron chi connectivity index (χ1n) is 11.1. The van der Waals surface area contributed by atoms with E-state index in [2.05, 4.69) is 10.3 Å². The van der Waals surface area contributed by atoms with Crippen LogP contribution in [0.3, 0.4) is 0 Å². The van der Waals surface area contributed by atoms with Gasteiger partial charge in [-0.05, 0) is 57.9 Å². The standard InChI is InChI=1S/C24H28N4O5S/c1-24(2,3)33-23(30)27-13-7-10-21(27)22(29)26-16-18-14-17-15-25-12-11-20(17)28(18)34(31,32)19-8-5-4-6-9-19/h4-6,8-9,11-12,14-15,21H,7,10,13,16H2,1-3H3,(H,26,29)/t21-/m0/s1. The third-order valence-corrected chi connectivity index (χ3v) is 7.32. The number of ether oxygens (including phenoxy) is 1. The van der Waals surface area contributed by atoms with Crippen LogP contribution in [0.5, 0.6) is 0 Å². The van der Waals surface area contributed by atoms with Crippen LogP contribution in [0.15, 0.2) is 59.8 Å². The van der Waals surface area contributed by atoms with Gasteiger partial charge in [0.25, 0.3) is 10.0 Å². The fraction of sp³-hybridized carbons (Fsp3) is 0.375. The summed E-state index contributed by atoms with van der Waals surface area (Å²) in [6, 6.07) is 10.8. The van der Waals surface area contributed by atoms with Gasteiger partial charge in [0.2, 0.25) is 5.91 Å². The Morgan fingerprint density at radius 2 is 1.91 bits per heavy atom. The summed E-state index contributed by atoms with van der Waals surface area (Å²) in [5, 5.41) is 3.46. The molecule has 1 aromatic carbocycles. The van der Waals surface area contributed by atoms with Crippen LogP contribution in [0.25, 0.3) is 10.9 Å². The molecular formula is C24H28N4O5S. The first kappa shape index (κ1) is 23.7. The van der Waals surface area contributed by atoms with Gasteiger partial charge < -0.3 is 10.1 Å². The van der Waals surface area contributed by atoms with Gasteiger partial charge in [-0.25, -0.2) is 17.2 Å². The summed E-state index contributed by atoms with van der Waals surface area (Å²) in [4.78, 5) is 31.2. The Balaban J connectivity index is 1.59. The predicted octanol–water partition coefficient (Wildman–Crippen LogP) is 3.29. The lowest BCUT2D eigenvalue weighted by Crippen LogP contribution is -2.47. The maximum absolute atomic E-state index is 13.5. The number of likely N-dealkylation sites (tertiary alicyclic amines) is 1. The number of nitrogens with zero attached hydrogens (tertiary/aromatic N) is 3. The third kappa shape index (κ3) is 4.77. The minimum absolute atomic E-state index is 0.0295. The molecule has 34 heavy (non-hydrogen) atoms. The van der Waals surface area contributed by atoms with Crippen molar-refractivity contribution in [2.75, 3.05) is 6.54 Å². The Hall–Kier alpha value is -3.40.